The normalized spacial score (nSPS) is 16.7. The number of methoxy groups -OCH3 is 1. The molecule has 1 atom stereocenters. The van der Waals surface area contributed by atoms with Crippen LogP contribution in [0.5, 0.6) is 5.75 Å². The quantitative estimate of drug-likeness (QED) is 0.902. The summed E-state index contributed by atoms with van der Waals surface area (Å²) < 4.78 is 6.91. The summed E-state index contributed by atoms with van der Waals surface area (Å²) in [5, 5.41) is 7.08. The van der Waals surface area contributed by atoms with E-state index in [9.17, 15) is 9.59 Å². The standard InChI is InChI=1S/C18H22N4O3/c1-3-22-10-8-16(20-22)19-17(23)14-7-9-21(12-14)18(24)13-5-4-6-15(11-13)25-2/h4-6,8,10-11,14H,3,7,9,12H2,1-2H3,(H,19,20,23). The van der Waals surface area contributed by atoms with Crippen LogP contribution in [-0.2, 0) is 11.3 Å². The van der Waals surface area contributed by atoms with Gasteiger partial charge in [0, 0.05) is 37.5 Å². The number of carbonyl (C=O) groups excluding carboxylic acids is 2. The Labute approximate surface area is 146 Å². The van der Waals surface area contributed by atoms with Crippen LogP contribution in [0.2, 0.25) is 0 Å². The van der Waals surface area contributed by atoms with Gasteiger partial charge in [0.05, 0.1) is 13.0 Å². The molecule has 3 rings (SSSR count). The van der Waals surface area contributed by atoms with Crippen molar-refractivity contribution < 1.29 is 14.3 Å². The first-order valence-corrected chi connectivity index (χ1v) is 8.38. The van der Waals surface area contributed by atoms with Gasteiger partial charge in [-0.3, -0.25) is 14.3 Å². The van der Waals surface area contributed by atoms with E-state index in [-0.39, 0.29) is 17.7 Å². The lowest BCUT2D eigenvalue weighted by Gasteiger charge is -2.16. The van der Waals surface area contributed by atoms with Crippen molar-refractivity contribution in [1.82, 2.24) is 14.7 Å². The number of carbonyl (C=O) groups is 2. The third-order valence-corrected chi connectivity index (χ3v) is 4.38. The number of nitrogens with one attached hydrogen (secondary N) is 1. The summed E-state index contributed by atoms with van der Waals surface area (Å²) in [6.45, 7) is 3.72. The molecular formula is C18H22N4O3. The van der Waals surface area contributed by atoms with Gasteiger partial charge in [-0.25, -0.2) is 0 Å². The molecule has 7 heteroatoms. The van der Waals surface area contributed by atoms with E-state index in [1.54, 1.807) is 47.0 Å². The molecule has 2 heterocycles. The summed E-state index contributed by atoms with van der Waals surface area (Å²) in [5.41, 5.74) is 0.571. The van der Waals surface area contributed by atoms with Gasteiger partial charge in [0.1, 0.15) is 5.75 Å². The predicted molar refractivity (Wildman–Crippen MR) is 93.5 cm³/mol. The lowest BCUT2D eigenvalue weighted by atomic mass is 10.1. The summed E-state index contributed by atoms with van der Waals surface area (Å²) in [7, 11) is 1.57. The molecule has 25 heavy (non-hydrogen) atoms. The Hall–Kier alpha value is -2.83. The molecule has 7 nitrogen and oxygen atoms in total. The summed E-state index contributed by atoms with van der Waals surface area (Å²) in [6.07, 6.45) is 2.47. The highest BCUT2D eigenvalue weighted by molar-refractivity contribution is 5.96. The second-order valence-electron chi connectivity index (χ2n) is 6.01. The third kappa shape index (κ3) is 3.81. The number of aryl methyl sites for hydroxylation is 1. The molecule has 1 aromatic carbocycles. The zero-order chi connectivity index (χ0) is 17.8. The minimum atomic E-state index is -0.221. The van der Waals surface area contributed by atoms with Crippen LogP contribution in [0.4, 0.5) is 5.82 Å². The number of hydrogen-bond donors (Lipinski definition) is 1. The van der Waals surface area contributed by atoms with E-state index in [1.165, 1.54) is 0 Å². The summed E-state index contributed by atoms with van der Waals surface area (Å²) in [5.74, 6) is 0.795. The van der Waals surface area contributed by atoms with E-state index < -0.39 is 0 Å². The molecule has 1 unspecified atom stereocenters. The Morgan fingerprint density at radius 1 is 1.36 bits per heavy atom. The van der Waals surface area contributed by atoms with E-state index in [2.05, 4.69) is 10.4 Å². The van der Waals surface area contributed by atoms with Gasteiger partial charge in [-0.1, -0.05) is 6.07 Å². The van der Waals surface area contributed by atoms with E-state index in [1.807, 2.05) is 13.1 Å². The maximum atomic E-state index is 12.6. The van der Waals surface area contributed by atoms with Crippen molar-refractivity contribution in [2.75, 3.05) is 25.5 Å². The number of likely N-dealkylation sites (tertiary alicyclic amines) is 1. The fourth-order valence-electron chi connectivity index (χ4n) is 2.93. The molecule has 2 amide bonds. The van der Waals surface area contributed by atoms with Crippen LogP contribution in [-0.4, -0.2) is 46.7 Å². The molecule has 1 aromatic heterocycles. The van der Waals surface area contributed by atoms with Gasteiger partial charge >= 0.3 is 0 Å². The number of ether oxygens (including phenoxy) is 1. The van der Waals surface area contributed by atoms with E-state index in [4.69, 9.17) is 4.74 Å². The van der Waals surface area contributed by atoms with Gasteiger partial charge in [0.2, 0.25) is 5.91 Å². The number of amides is 2. The Balaban J connectivity index is 1.60. The Kier molecular flexibility index (Phi) is 5.02. The monoisotopic (exact) mass is 342 g/mol. The molecule has 1 aliphatic heterocycles. The average molecular weight is 342 g/mol. The van der Waals surface area contributed by atoms with Crippen LogP contribution < -0.4 is 10.1 Å². The Morgan fingerprint density at radius 3 is 2.92 bits per heavy atom. The topological polar surface area (TPSA) is 76.5 Å². The van der Waals surface area contributed by atoms with E-state index in [0.717, 1.165) is 6.54 Å². The third-order valence-electron chi connectivity index (χ3n) is 4.38. The molecule has 2 aromatic rings. The van der Waals surface area contributed by atoms with Crippen molar-refractivity contribution in [2.45, 2.75) is 19.9 Å². The second kappa shape index (κ2) is 7.38. The largest absolute Gasteiger partial charge is 0.497 e. The summed E-state index contributed by atoms with van der Waals surface area (Å²) in [4.78, 5) is 26.7. The molecular weight excluding hydrogens is 320 g/mol. The van der Waals surface area contributed by atoms with Gasteiger partial charge in [-0.05, 0) is 31.5 Å². The minimum Gasteiger partial charge on any atom is -0.497 e. The molecule has 1 fully saturated rings. The number of anilines is 1. The SMILES string of the molecule is CCn1ccc(NC(=O)C2CCN(C(=O)c3cccc(OC)c3)C2)n1. The van der Waals surface area contributed by atoms with Crippen LogP contribution >= 0.6 is 0 Å². The van der Waals surface area contributed by atoms with Crippen LogP contribution in [0, 0.1) is 5.92 Å². The second-order valence-corrected chi connectivity index (χ2v) is 6.01. The van der Waals surface area contributed by atoms with Crippen LogP contribution in [0.15, 0.2) is 36.5 Å². The minimum absolute atomic E-state index is 0.0792. The molecule has 1 N–H and O–H groups in total. The Bertz CT molecular complexity index is 771. The molecule has 0 aliphatic carbocycles. The highest BCUT2D eigenvalue weighted by atomic mass is 16.5. The average Bonchev–Trinajstić information content (AvgIpc) is 3.30. The van der Waals surface area contributed by atoms with Crippen LogP contribution in [0.3, 0.4) is 0 Å². The first kappa shape index (κ1) is 17.0. The number of benzene rings is 1. The number of nitrogens with zero attached hydrogens (tertiary/aromatic N) is 3. The Morgan fingerprint density at radius 2 is 2.20 bits per heavy atom. The van der Waals surface area contributed by atoms with Crippen molar-refractivity contribution in [3.63, 3.8) is 0 Å². The van der Waals surface area contributed by atoms with Gasteiger partial charge in [0.15, 0.2) is 5.82 Å². The molecule has 1 aliphatic rings. The number of hydrogen-bond acceptors (Lipinski definition) is 4. The predicted octanol–water partition coefficient (Wildman–Crippen LogP) is 2.01. The zero-order valence-electron chi connectivity index (χ0n) is 14.4. The smallest absolute Gasteiger partial charge is 0.254 e. The molecule has 0 spiro atoms. The molecule has 0 saturated carbocycles. The van der Waals surface area contributed by atoms with Crippen molar-refractivity contribution in [1.29, 1.82) is 0 Å². The first-order valence-electron chi connectivity index (χ1n) is 8.38. The zero-order valence-corrected chi connectivity index (χ0v) is 14.4. The van der Waals surface area contributed by atoms with Crippen molar-refractivity contribution in [3.8, 4) is 5.75 Å². The first-order chi connectivity index (χ1) is 12.1. The highest BCUT2D eigenvalue weighted by Crippen LogP contribution is 2.22. The number of rotatable bonds is 5. The van der Waals surface area contributed by atoms with Gasteiger partial charge < -0.3 is 15.0 Å². The number of aromatic nitrogens is 2. The summed E-state index contributed by atoms with van der Waals surface area (Å²) >= 11 is 0. The highest BCUT2D eigenvalue weighted by Gasteiger charge is 2.31. The maximum Gasteiger partial charge on any atom is 0.254 e. The van der Waals surface area contributed by atoms with Gasteiger partial charge in [0.25, 0.3) is 5.91 Å². The molecule has 1 saturated heterocycles. The molecule has 132 valence electrons. The lowest BCUT2D eigenvalue weighted by molar-refractivity contribution is -0.119. The fourth-order valence-corrected chi connectivity index (χ4v) is 2.93. The van der Waals surface area contributed by atoms with Crippen LogP contribution in [0.25, 0.3) is 0 Å². The van der Waals surface area contributed by atoms with Crippen molar-refractivity contribution in [2.24, 2.45) is 5.92 Å². The van der Waals surface area contributed by atoms with E-state index in [0.29, 0.717) is 36.6 Å². The van der Waals surface area contributed by atoms with Gasteiger partial charge in [-0.2, -0.15) is 5.10 Å². The molecule has 0 bridgehead atoms. The lowest BCUT2D eigenvalue weighted by Crippen LogP contribution is -2.31. The molecule has 0 radical (unpaired) electrons. The van der Waals surface area contributed by atoms with E-state index >= 15 is 0 Å². The summed E-state index contributed by atoms with van der Waals surface area (Å²) in [6, 6.07) is 8.83. The van der Waals surface area contributed by atoms with Crippen LogP contribution in [0.1, 0.15) is 23.7 Å². The maximum absolute atomic E-state index is 12.6. The fraction of sp³-hybridized carbons (Fsp3) is 0.389. The van der Waals surface area contributed by atoms with Crippen molar-refractivity contribution in [3.05, 3.63) is 42.1 Å². The van der Waals surface area contributed by atoms with Crippen molar-refractivity contribution >= 4 is 17.6 Å². The van der Waals surface area contributed by atoms with Gasteiger partial charge in [-0.15, -0.1) is 0 Å².